The van der Waals surface area contributed by atoms with Crippen LogP contribution in [0.1, 0.15) is 122 Å². The molecule has 2 atom stereocenters. The van der Waals surface area contributed by atoms with Crippen molar-refractivity contribution in [3.05, 3.63) is 0 Å². The average molecular weight is 496 g/mol. The monoisotopic (exact) mass is 495 g/mol. The van der Waals surface area contributed by atoms with Crippen LogP contribution in [0.2, 0.25) is 0 Å². The number of unbranched alkanes of at least 4 members (excludes halogenated alkanes) is 17. The molecule has 0 aliphatic heterocycles. The van der Waals surface area contributed by atoms with E-state index in [1.807, 2.05) is 0 Å². The first-order chi connectivity index (χ1) is 16.0. The van der Waals surface area contributed by atoms with Gasteiger partial charge in [-0.25, -0.2) is 4.57 Å². The van der Waals surface area contributed by atoms with Crippen LogP contribution in [0, 0.1) is 0 Å². The molecule has 7 nitrogen and oxygen atoms in total. The van der Waals surface area contributed by atoms with Crippen LogP contribution in [0.3, 0.4) is 0 Å². The van der Waals surface area contributed by atoms with E-state index in [-0.39, 0.29) is 26.4 Å². The van der Waals surface area contributed by atoms with E-state index < -0.39 is 13.9 Å². The molecule has 33 heavy (non-hydrogen) atoms. The Hall–Kier alpha value is -0.0100. The van der Waals surface area contributed by atoms with Crippen LogP contribution in [0.4, 0.5) is 0 Å². The van der Waals surface area contributed by atoms with E-state index in [0.717, 1.165) is 12.8 Å². The summed E-state index contributed by atoms with van der Waals surface area (Å²) in [6.07, 6.45) is 23.2. The maximum Gasteiger partial charge on any atom is 0.472 e. The second-order valence-corrected chi connectivity index (χ2v) is 10.6. The Labute approximate surface area is 203 Å². The smallest absolute Gasteiger partial charge is 0.388 e. The van der Waals surface area contributed by atoms with Gasteiger partial charge in [0.25, 0.3) is 0 Å². The number of hydrogen-bond donors (Lipinski definition) is 3. The van der Waals surface area contributed by atoms with Gasteiger partial charge in [-0.3, -0.25) is 9.05 Å². The lowest BCUT2D eigenvalue weighted by Gasteiger charge is -2.15. The molecule has 0 aromatic rings. The van der Waals surface area contributed by atoms with Gasteiger partial charge < -0.3 is 20.5 Å². The van der Waals surface area contributed by atoms with Crippen LogP contribution in [-0.2, 0) is 18.3 Å². The highest BCUT2D eigenvalue weighted by molar-refractivity contribution is 7.47. The topological polar surface area (TPSA) is 111 Å². The fraction of sp³-hybridized carbons (Fsp3) is 1.00. The molecule has 0 aromatic heterocycles. The lowest BCUT2D eigenvalue weighted by atomic mass is 10.0. The number of aliphatic hydroxyl groups excluding tert-OH is 1. The zero-order chi connectivity index (χ0) is 24.5. The van der Waals surface area contributed by atoms with Crippen LogP contribution in [-0.4, -0.2) is 49.1 Å². The maximum atomic E-state index is 11.4. The molecule has 2 unspecified atom stereocenters. The summed E-state index contributed by atoms with van der Waals surface area (Å²) >= 11 is 0. The van der Waals surface area contributed by atoms with Crippen molar-refractivity contribution in [2.75, 3.05) is 33.0 Å². The predicted molar refractivity (Wildman–Crippen MR) is 136 cm³/mol. The van der Waals surface area contributed by atoms with E-state index in [9.17, 15) is 14.6 Å². The third-order valence-electron chi connectivity index (χ3n) is 5.75. The van der Waals surface area contributed by atoms with Gasteiger partial charge in [0.05, 0.1) is 19.8 Å². The van der Waals surface area contributed by atoms with Crippen molar-refractivity contribution in [3.8, 4) is 0 Å². The van der Waals surface area contributed by atoms with Crippen LogP contribution < -0.4 is 5.73 Å². The van der Waals surface area contributed by atoms with Crippen LogP contribution >= 0.6 is 7.82 Å². The van der Waals surface area contributed by atoms with Crippen molar-refractivity contribution in [1.82, 2.24) is 0 Å². The Balaban J connectivity index is 3.23. The Morgan fingerprint density at radius 1 is 0.667 bits per heavy atom. The SMILES string of the molecule is CCCCCCCCCCCCCCCCCCCCOCC(O)COP(=O)(O)OCCN. The molecule has 0 fully saturated rings. The third-order valence-corrected chi connectivity index (χ3v) is 6.74. The molecular weight excluding hydrogens is 441 g/mol. The summed E-state index contributed by atoms with van der Waals surface area (Å²) in [6, 6.07) is 0. The van der Waals surface area contributed by atoms with Crippen molar-refractivity contribution in [1.29, 1.82) is 0 Å². The van der Waals surface area contributed by atoms with E-state index in [1.165, 1.54) is 103 Å². The fourth-order valence-electron chi connectivity index (χ4n) is 3.76. The number of phosphoric ester groups is 1. The van der Waals surface area contributed by atoms with Crippen molar-refractivity contribution < 1.29 is 28.3 Å². The molecule has 0 heterocycles. The Kier molecular flexibility index (Phi) is 25.1. The molecular formula is C25H54NO6P. The van der Waals surface area contributed by atoms with Crippen molar-refractivity contribution in [2.24, 2.45) is 5.73 Å². The molecule has 0 saturated carbocycles. The lowest BCUT2D eigenvalue weighted by Crippen LogP contribution is -2.22. The Morgan fingerprint density at radius 3 is 1.52 bits per heavy atom. The molecule has 0 spiro atoms. The number of ether oxygens (including phenoxy) is 1. The summed E-state index contributed by atoms with van der Waals surface area (Å²) in [4.78, 5) is 9.34. The lowest BCUT2D eigenvalue weighted by molar-refractivity contribution is 0.00230. The molecule has 0 bridgehead atoms. The highest BCUT2D eigenvalue weighted by Gasteiger charge is 2.22. The van der Waals surface area contributed by atoms with Gasteiger partial charge in [-0.05, 0) is 6.42 Å². The van der Waals surface area contributed by atoms with Crippen LogP contribution in [0.25, 0.3) is 0 Å². The number of nitrogens with two attached hydrogens (primary N) is 1. The normalized spacial score (nSPS) is 14.4. The quantitative estimate of drug-likeness (QED) is 0.0881. The van der Waals surface area contributed by atoms with Crippen molar-refractivity contribution >= 4 is 7.82 Å². The summed E-state index contributed by atoms with van der Waals surface area (Å²) in [6.45, 7) is 2.68. The largest absolute Gasteiger partial charge is 0.472 e. The summed E-state index contributed by atoms with van der Waals surface area (Å²) < 4.78 is 26.1. The van der Waals surface area contributed by atoms with Gasteiger partial charge in [0.15, 0.2) is 0 Å². The van der Waals surface area contributed by atoms with Gasteiger partial charge in [-0.2, -0.15) is 0 Å². The van der Waals surface area contributed by atoms with E-state index in [4.69, 9.17) is 15.0 Å². The number of hydrogen-bond acceptors (Lipinski definition) is 6. The fourth-order valence-corrected chi connectivity index (χ4v) is 4.53. The summed E-state index contributed by atoms with van der Waals surface area (Å²) in [5, 5.41) is 9.73. The maximum absolute atomic E-state index is 11.4. The minimum Gasteiger partial charge on any atom is -0.388 e. The van der Waals surface area contributed by atoms with E-state index in [0.29, 0.717) is 6.61 Å². The average Bonchev–Trinajstić information content (AvgIpc) is 2.80. The highest BCUT2D eigenvalue weighted by atomic mass is 31.2. The number of phosphoric acid groups is 1. The minimum atomic E-state index is -4.14. The Morgan fingerprint density at radius 2 is 1.09 bits per heavy atom. The molecule has 0 amide bonds. The molecule has 0 aliphatic rings. The van der Waals surface area contributed by atoms with Gasteiger partial charge in [-0.1, -0.05) is 116 Å². The molecule has 0 radical (unpaired) electrons. The summed E-state index contributed by atoms with van der Waals surface area (Å²) in [5.74, 6) is 0. The van der Waals surface area contributed by atoms with Gasteiger partial charge in [0, 0.05) is 13.2 Å². The van der Waals surface area contributed by atoms with Crippen molar-refractivity contribution in [2.45, 2.75) is 129 Å². The first-order valence-electron chi connectivity index (χ1n) is 13.6. The van der Waals surface area contributed by atoms with E-state index in [1.54, 1.807) is 0 Å². The zero-order valence-corrected chi connectivity index (χ0v) is 22.3. The van der Waals surface area contributed by atoms with Crippen LogP contribution in [0.5, 0.6) is 0 Å². The van der Waals surface area contributed by atoms with Gasteiger partial charge in [0.2, 0.25) is 0 Å². The summed E-state index contributed by atoms with van der Waals surface area (Å²) in [7, 11) is -4.14. The predicted octanol–water partition coefficient (Wildman–Crippen LogP) is 6.50. The number of rotatable bonds is 27. The zero-order valence-electron chi connectivity index (χ0n) is 21.4. The molecule has 4 N–H and O–H groups in total. The molecule has 0 aliphatic carbocycles. The van der Waals surface area contributed by atoms with E-state index >= 15 is 0 Å². The first kappa shape index (κ1) is 33.0. The highest BCUT2D eigenvalue weighted by Crippen LogP contribution is 2.42. The Bertz CT molecular complexity index is 441. The van der Waals surface area contributed by atoms with Gasteiger partial charge in [-0.15, -0.1) is 0 Å². The summed E-state index contributed by atoms with van der Waals surface area (Å²) in [5.41, 5.74) is 5.20. The van der Waals surface area contributed by atoms with E-state index in [2.05, 4.69) is 11.4 Å². The molecule has 0 aromatic carbocycles. The number of aliphatic hydroxyl groups is 1. The van der Waals surface area contributed by atoms with Crippen molar-refractivity contribution in [3.63, 3.8) is 0 Å². The van der Waals surface area contributed by atoms with Gasteiger partial charge >= 0.3 is 7.82 Å². The third kappa shape index (κ3) is 26.4. The minimum absolute atomic E-state index is 0.0697. The molecule has 8 heteroatoms. The first-order valence-corrected chi connectivity index (χ1v) is 15.1. The molecule has 0 saturated heterocycles. The second-order valence-electron chi connectivity index (χ2n) is 9.13. The second kappa shape index (κ2) is 25.1. The van der Waals surface area contributed by atoms with Gasteiger partial charge in [0.1, 0.15) is 6.10 Å². The molecule has 0 rings (SSSR count). The van der Waals surface area contributed by atoms with Crippen LogP contribution in [0.15, 0.2) is 0 Å². The molecule has 200 valence electrons. The standard InChI is InChI=1S/C25H54NO6P/c1-2-3-4-5-6-7-8-9-10-11-12-13-14-15-16-17-18-19-21-30-23-25(27)24-32-33(28,29)31-22-20-26/h25,27H,2-24,26H2,1H3,(H,28,29).